The summed E-state index contributed by atoms with van der Waals surface area (Å²) in [5.74, 6) is -0.219. The summed E-state index contributed by atoms with van der Waals surface area (Å²) in [6.45, 7) is 3.77. The van der Waals surface area contributed by atoms with Gasteiger partial charge in [-0.05, 0) is 67.8 Å². The van der Waals surface area contributed by atoms with Crippen molar-refractivity contribution >= 4 is 34.7 Å². The summed E-state index contributed by atoms with van der Waals surface area (Å²) in [6, 6.07) is 15.1. The van der Waals surface area contributed by atoms with Crippen molar-refractivity contribution in [1.29, 1.82) is 0 Å². The van der Waals surface area contributed by atoms with Gasteiger partial charge >= 0.3 is 5.97 Å². The first-order chi connectivity index (χ1) is 14.5. The molecule has 1 amide bonds. The third-order valence-corrected chi connectivity index (χ3v) is 5.12. The van der Waals surface area contributed by atoms with Crippen molar-refractivity contribution in [2.75, 3.05) is 11.9 Å². The minimum Gasteiger partial charge on any atom is -0.493 e. The first kappa shape index (κ1) is 21.3. The van der Waals surface area contributed by atoms with Gasteiger partial charge in [0.2, 0.25) is 0 Å². The molecule has 1 heterocycles. The maximum Gasteiger partial charge on any atom is 0.338 e. The molecule has 1 N–H and O–H groups in total. The minimum absolute atomic E-state index is 0.0217. The van der Waals surface area contributed by atoms with Gasteiger partial charge in [-0.3, -0.25) is 9.59 Å². The predicted octanol–water partition coefficient (Wildman–Crippen LogP) is 4.96. The van der Waals surface area contributed by atoms with Gasteiger partial charge in [0.05, 0.1) is 17.0 Å². The van der Waals surface area contributed by atoms with Crippen LogP contribution in [0.2, 0.25) is 0 Å². The number of Topliss-reactive ketones (excluding diaryl/α,β-unsaturated/α-hetero) is 1. The molecule has 30 heavy (non-hydrogen) atoms. The number of rotatable bonds is 8. The highest BCUT2D eigenvalue weighted by Crippen LogP contribution is 2.22. The second-order valence-electron chi connectivity index (χ2n) is 6.40. The van der Waals surface area contributed by atoms with Gasteiger partial charge in [-0.25, -0.2) is 4.79 Å². The summed E-state index contributed by atoms with van der Waals surface area (Å²) in [6.07, 6.45) is 0. The molecule has 0 aliphatic carbocycles. The lowest BCUT2D eigenvalue weighted by molar-refractivity contribution is 0.0469. The van der Waals surface area contributed by atoms with E-state index in [0.717, 1.165) is 0 Å². The molecule has 0 spiro atoms. The fourth-order valence-corrected chi connectivity index (χ4v) is 3.34. The largest absolute Gasteiger partial charge is 0.493 e. The van der Waals surface area contributed by atoms with Crippen molar-refractivity contribution in [1.82, 2.24) is 0 Å². The number of carbonyl (C=O) groups excluding carboxylic acids is 3. The summed E-state index contributed by atoms with van der Waals surface area (Å²) in [5.41, 5.74) is 2.08. The average molecular weight is 423 g/mol. The van der Waals surface area contributed by atoms with Crippen LogP contribution in [0.3, 0.4) is 0 Å². The standard InChI is InChI=1S/C23H21NO5S/c1-3-28-20-11-8-17(15(2)25)13-18(20)14-29-23(27)16-6-9-19(10-7-16)24-22(26)21-5-4-12-30-21/h4-13H,3,14H2,1-2H3,(H,24,26). The Morgan fingerprint density at radius 3 is 2.37 bits per heavy atom. The Kier molecular flexibility index (Phi) is 6.98. The van der Waals surface area contributed by atoms with E-state index in [2.05, 4.69) is 5.32 Å². The van der Waals surface area contributed by atoms with E-state index in [1.54, 1.807) is 48.5 Å². The van der Waals surface area contributed by atoms with Crippen molar-refractivity contribution in [2.24, 2.45) is 0 Å². The number of thiophene rings is 1. The molecule has 0 bridgehead atoms. The van der Waals surface area contributed by atoms with Crippen LogP contribution in [0, 0.1) is 0 Å². The molecule has 3 aromatic rings. The molecule has 0 fully saturated rings. The van der Waals surface area contributed by atoms with Crippen LogP contribution in [0.25, 0.3) is 0 Å². The van der Waals surface area contributed by atoms with Gasteiger partial charge < -0.3 is 14.8 Å². The van der Waals surface area contributed by atoms with Crippen molar-refractivity contribution < 1.29 is 23.9 Å². The smallest absolute Gasteiger partial charge is 0.338 e. The van der Waals surface area contributed by atoms with Crippen molar-refractivity contribution in [3.63, 3.8) is 0 Å². The Labute approximate surface area is 178 Å². The SMILES string of the molecule is CCOc1ccc(C(C)=O)cc1COC(=O)c1ccc(NC(=O)c2cccs2)cc1. The van der Waals surface area contributed by atoms with E-state index in [1.165, 1.54) is 18.3 Å². The molecule has 0 unspecified atom stereocenters. The lowest BCUT2D eigenvalue weighted by atomic mass is 10.1. The van der Waals surface area contributed by atoms with Crippen LogP contribution in [0.4, 0.5) is 5.69 Å². The number of ether oxygens (including phenoxy) is 2. The normalized spacial score (nSPS) is 10.3. The number of nitrogens with one attached hydrogen (secondary N) is 1. The van der Waals surface area contributed by atoms with Gasteiger partial charge in [0.15, 0.2) is 5.78 Å². The maximum atomic E-state index is 12.4. The first-order valence-electron chi connectivity index (χ1n) is 9.36. The number of benzene rings is 2. The lowest BCUT2D eigenvalue weighted by Crippen LogP contribution is -2.11. The zero-order valence-corrected chi connectivity index (χ0v) is 17.5. The van der Waals surface area contributed by atoms with E-state index in [1.807, 2.05) is 18.4 Å². The number of anilines is 1. The van der Waals surface area contributed by atoms with Gasteiger partial charge in [0.1, 0.15) is 12.4 Å². The van der Waals surface area contributed by atoms with Crippen molar-refractivity contribution in [2.45, 2.75) is 20.5 Å². The monoisotopic (exact) mass is 423 g/mol. The summed E-state index contributed by atoms with van der Waals surface area (Å²) in [5, 5.41) is 4.61. The number of carbonyl (C=O) groups is 3. The Hall–Kier alpha value is -3.45. The maximum absolute atomic E-state index is 12.4. The Morgan fingerprint density at radius 2 is 1.73 bits per heavy atom. The highest BCUT2D eigenvalue weighted by atomic mass is 32.1. The summed E-state index contributed by atoms with van der Waals surface area (Å²) < 4.78 is 11.0. The molecule has 6 nitrogen and oxygen atoms in total. The van der Waals surface area contributed by atoms with E-state index in [0.29, 0.717) is 39.6 Å². The molecule has 0 aliphatic heterocycles. The summed E-state index contributed by atoms with van der Waals surface area (Å²) >= 11 is 1.35. The van der Waals surface area contributed by atoms with E-state index >= 15 is 0 Å². The van der Waals surface area contributed by atoms with Crippen LogP contribution in [0.1, 0.15) is 49.8 Å². The third kappa shape index (κ3) is 5.33. The number of hydrogen-bond acceptors (Lipinski definition) is 6. The van der Waals surface area contributed by atoms with Gasteiger partial charge in [-0.15, -0.1) is 11.3 Å². The summed E-state index contributed by atoms with van der Waals surface area (Å²) in [7, 11) is 0. The predicted molar refractivity (Wildman–Crippen MR) is 115 cm³/mol. The minimum atomic E-state index is -0.512. The van der Waals surface area contributed by atoms with E-state index < -0.39 is 5.97 Å². The fourth-order valence-electron chi connectivity index (χ4n) is 2.72. The molecule has 1 aromatic heterocycles. The Morgan fingerprint density at radius 1 is 1.00 bits per heavy atom. The highest BCUT2D eigenvalue weighted by Gasteiger charge is 2.13. The average Bonchev–Trinajstić information content (AvgIpc) is 3.28. The quantitative estimate of drug-likeness (QED) is 0.409. The first-order valence-corrected chi connectivity index (χ1v) is 10.2. The van der Waals surface area contributed by atoms with Crippen LogP contribution >= 0.6 is 11.3 Å². The third-order valence-electron chi connectivity index (χ3n) is 4.25. The summed E-state index contributed by atoms with van der Waals surface area (Å²) in [4.78, 5) is 36.7. The number of amides is 1. The molecule has 0 radical (unpaired) electrons. The zero-order chi connectivity index (χ0) is 21.5. The van der Waals surface area contributed by atoms with Gasteiger partial charge in [-0.1, -0.05) is 6.07 Å². The van der Waals surface area contributed by atoms with Gasteiger partial charge in [-0.2, -0.15) is 0 Å². The molecular weight excluding hydrogens is 402 g/mol. The van der Waals surface area contributed by atoms with E-state index in [-0.39, 0.29) is 18.3 Å². The molecule has 3 rings (SSSR count). The molecule has 0 saturated heterocycles. The number of ketones is 1. The van der Waals surface area contributed by atoms with Crippen LogP contribution in [-0.4, -0.2) is 24.3 Å². The van der Waals surface area contributed by atoms with Crippen molar-refractivity contribution in [3.8, 4) is 5.75 Å². The molecule has 0 saturated carbocycles. The molecule has 0 atom stereocenters. The molecule has 154 valence electrons. The molecule has 7 heteroatoms. The van der Waals surface area contributed by atoms with Crippen molar-refractivity contribution in [3.05, 3.63) is 81.5 Å². The molecule has 0 aliphatic rings. The zero-order valence-electron chi connectivity index (χ0n) is 16.6. The Balaban J connectivity index is 1.64. The van der Waals surface area contributed by atoms with Gasteiger partial charge in [0, 0.05) is 16.8 Å². The van der Waals surface area contributed by atoms with Gasteiger partial charge in [0.25, 0.3) is 5.91 Å². The molecular formula is C23H21NO5S. The fraction of sp³-hybridized carbons (Fsp3) is 0.174. The second-order valence-corrected chi connectivity index (χ2v) is 7.34. The second kappa shape index (κ2) is 9.84. The highest BCUT2D eigenvalue weighted by molar-refractivity contribution is 7.12. The van der Waals surface area contributed by atoms with Crippen LogP contribution in [-0.2, 0) is 11.3 Å². The Bertz CT molecular complexity index is 1040. The number of hydrogen-bond donors (Lipinski definition) is 1. The van der Waals surface area contributed by atoms with Crippen LogP contribution < -0.4 is 10.1 Å². The van der Waals surface area contributed by atoms with E-state index in [9.17, 15) is 14.4 Å². The van der Waals surface area contributed by atoms with E-state index in [4.69, 9.17) is 9.47 Å². The van der Waals surface area contributed by atoms with Crippen LogP contribution in [0.15, 0.2) is 60.0 Å². The van der Waals surface area contributed by atoms with Crippen LogP contribution in [0.5, 0.6) is 5.75 Å². The molecule has 2 aromatic carbocycles. The topological polar surface area (TPSA) is 81.7 Å². The number of esters is 1. The lowest BCUT2D eigenvalue weighted by Gasteiger charge is -2.12.